The zero-order valence-electron chi connectivity index (χ0n) is 19.6. The molecule has 180 valence electrons. The van der Waals surface area contributed by atoms with Crippen LogP contribution in [-0.4, -0.2) is 54.5 Å². The Bertz CT molecular complexity index is 1050. The van der Waals surface area contributed by atoms with Crippen LogP contribution in [0.1, 0.15) is 44.2 Å². The number of carboxylic acids is 1. The van der Waals surface area contributed by atoms with Crippen molar-refractivity contribution in [3.63, 3.8) is 0 Å². The van der Waals surface area contributed by atoms with Gasteiger partial charge in [0.25, 0.3) is 0 Å². The fourth-order valence-electron chi connectivity index (χ4n) is 4.65. The first kappa shape index (κ1) is 23.8. The van der Waals surface area contributed by atoms with Gasteiger partial charge >= 0.3 is 12.1 Å². The van der Waals surface area contributed by atoms with Crippen molar-refractivity contribution in [3.05, 3.63) is 59.7 Å². The van der Waals surface area contributed by atoms with Gasteiger partial charge in [-0.25, -0.2) is 9.59 Å². The minimum absolute atomic E-state index is 0.0560. The highest BCUT2D eigenvalue weighted by Gasteiger charge is 2.47. The lowest BCUT2D eigenvalue weighted by Gasteiger charge is -2.33. The number of hydrogen-bond donors (Lipinski definition) is 3. The molecule has 0 bridgehead atoms. The van der Waals surface area contributed by atoms with Crippen molar-refractivity contribution in [2.75, 3.05) is 19.8 Å². The normalized spacial score (nSPS) is 20.2. The lowest BCUT2D eigenvalue weighted by atomic mass is 9.85. The molecule has 0 spiro atoms. The molecule has 2 aromatic carbocycles. The third-order valence-corrected chi connectivity index (χ3v) is 6.53. The van der Waals surface area contributed by atoms with Gasteiger partial charge in [-0.2, -0.15) is 0 Å². The highest BCUT2D eigenvalue weighted by atomic mass is 16.6. The number of nitrogens with one attached hydrogen (secondary N) is 2. The Morgan fingerprint density at radius 1 is 1.09 bits per heavy atom. The molecule has 1 aliphatic heterocycles. The number of carboxylic acid groups (broad SMARTS) is 1. The van der Waals surface area contributed by atoms with Crippen LogP contribution in [0.15, 0.2) is 48.5 Å². The number of rotatable bonds is 6. The summed E-state index contributed by atoms with van der Waals surface area (Å²) in [4.78, 5) is 37.7. The van der Waals surface area contributed by atoms with Gasteiger partial charge in [0.05, 0.1) is 6.61 Å². The first-order chi connectivity index (χ1) is 16.1. The molecule has 1 saturated heterocycles. The summed E-state index contributed by atoms with van der Waals surface area (Å²) in [6.07, 6.45) is -0.523. The van der Waals surface area contributed by atoms with Crippen molar-refractivity contribution in [1.29, 1.82) is 0 Å². The number of carbonyl (C=O) groups excluding carboxylic acids is 2. The second kappa shape index (κ2) is 9.10. The predicted molar refractivity (Wildman–Crippen MR) is 125 cm³/mol. The highest BCUT2D eigenvalue weighted by Crippen LogP contribution is 2.44. The molecule has 0 aromatic heterocycles. The molecule has 2 atom stereocenters. The molecule has 1 unspecified atom stereocenters. The van der Waals surface area contributed by atoms with Crippen molar-refractivity contribution in [2.45, 2.75) is 44.7 Å². The molecule has 0 saturated carbocycles. The highest BCUT2D eigenvalue weighted by molar-refractivity contribution is 5.93. The first-order valence-electron chi connectivity index (χ1n) is 11.4. The van der Waals surface area contributed by atoms with Gasteiger partial charge in [-0.1, -0.05) is 69.3 Å². The van der Waals surface area contributed by atoms with E-state index in [1.165, 1.54) is 0 Å². The van der Waals surface area contributed by atoms with Gasteiger partial charge in [0.1, 0.15) is 18.2 Å². The third kappa shape index (κ3) is 4.50. The average molecular weight is 467 g/mol. The van der Waals surface area contributed by atoms with Crippen molar-refractivity contribution < 1.29 is 29.0 Å². The monoisotopic (exact) mass is 466 g/mol. The van der Waals surface area contributed by atoms with Crippen molar-refractivity contribution >= 4 is 18.0 Å². The van der Waals surface area contributed by atoms with E-state index in [4.69, 9.17) is 9.47 Å². The Morgan fingerprint density at radius 3 is 2.18 bits per heavy atom. The largest absolute Gasteiger partial charge is 0.480 e. The van der Waals surface area contributed by atoms with E-state index >= 15 is 0 Å². The molecular weight excluding hydrogens is 436 g/mol. The SMILES string of the molecule is CC(C)(C)[C@H](NC(=O)C1(NC(=O)OCC2c3ccccc3-c3ccccc32)CCOC1)C(=O)O. The van der Waals surface area contributed by atoms with Crippen LogP contribution in [0.3, 0.4) is 0 Å². The van der Waals surface area contributed by atoms with E-state index in [-0.39, 0.29) is 32.2 Å². The Kier molecular flexibility index (Phi) is 6.36. The van der Waals surface area contributed by atoms with Crippen LogP contribution in [0, 0.1) is 5.41 Å². The molecule has 8 heteroatoms. The Morgan fingerprint density at radius 2 is 1.68 bits per heavy atom. The van der Waals surface area contributed by atoms with E-state index in [0.717, 1.165) is 22.3 Å². The van der Waals surface area contributed by atoms with Crippen LogP contribution in [0.4, 0.5) is 4.79 Å². The molecule has 2 amide bonds. The maximum atomic E-state index is 13.1. The summed E-state index contributed by atoms with van der Waals surface area (Å²) >= 11 is 0. The number of aliphatic carboxylic acids is 1. The van der Waals surface area contributed by atoms with Crippen LogP contribution in [0.25, 0.3) is 11.1 Å². The zero-order valence-corrected chi connectivity index (χ0v) is 19.6. The fraction of sp³-hybridized carbons (Fsp3) is 0.423. The summed E-state index contributed by atoms with van der Waals surface area (Å²) in [6, 6.07) is 14.9. The minimum Gasteiger partial charge on any atom is -0.480 e. The van der Waals surface area contributed by atoms with E-state index in [1.54, 1.807) is 20.8 Å². The van der Waals surface area contributed by atoms with Crippen LogP contribution >= 0.6 is 0 Å². The fourth-order valence-corrected chi connectivity index (χ4v) is 4.65. The molecule has 3 N–H and O–H groups in total. The van der Waals surface area contributed by atoms with E-state index in [0.29, 0.717) is 0 Å². The van der Waals surface area contributed by atoms with Crippen LogP contribution in [0.2, 0.25) is 0 Å². The number of amides is 2. The van der Waals surface area contributed by atoms with E-state index in [9.17, 15) is 19.5 Å². The smallest absolute Gasteiger partial charge is 0.408 e. The van der Waals surface area contributed by atoms with Gasteiger partial charge in [0, 0.05) is 18.9 Å². The number of benzene rings is 2. The molecule has 34 heavy (non-hydrogen) atoms. The lowest BCUT2D eigenvalue weighted by molar-refractivity contribution is -0.146. The molecular formula is C26H30N2O6. The first-order valence-corrected chi connectivity index (χ1v) is 11.4. The maximum absolute atomic E-state index is 13.1. The Labute approximate surface area is 198 Å². The van der Waals surface area contributed by atoms with E-state index in [2.05, 4.69) is 22.8 Å². The predicted octanol–water partition coefficient (Wildman–Crippen LogP) is 3.30. The van der Waals surface area contributed by atoms with Gasteiger partial charge in [-0.15, -0.1) is 0 Å². The number of alkyl carbamates (subject to hydrolysis) is 1. The molecule has 2 aliphatic rings. The zero-order chi connectivity index (χ0) is 24.5. The molecule has 4 rings (SSSR count). The van der Waals surface area contributed by atoms with E-state index < -0.39 is 35.0 Å². The van der Waals surface area contributed by atoms with Gasteiger partial charge in [0.15, 0.2) is 0 Å². The van der Waals surface area contributed by atoms with Gasteiger partial charge in [-0.3, -0.25) is 4.79 Å². The Balaban J connectivity index is 1.46. The average Bonchev–Trinajstić information content (AvgIpc) is 3.38. The summed E-state index contributed by atoms with van der Waals surface area (Å²) in [5.74, 6) is -1.85. The minimum atomic E-state index is -1.39. The number of fused-ring (bicyclic) bond motifs is 3. The lowest BCUT2D eigenvalue weighted by Crippen LogP contribution is -2.63. The van der Waals surface area contributed by atoms with Gasteiger partial charge < -0.3 is 25.2 Å². The molecule has 1 fully saturated rings. The van der Waals surface area contributed by atoms with E-state index in [1.807, 2.05) is 36.4 Å². The summed E-state index contributed by atoms with van der Waals surface area (Å²) < 4.78 is 11.0. The van der Waals surface area contributed by atoms with Gasteiger partial charge in [-0.05, 0) is 27.7 Å². The molecule has 1 heterocycles. The second-order valence-corrected chi connectivity index (χ2v) is 9.95. The maximum Gasteiger partial charge on any atom is 0.408 e. The molecule has 2 aromatic rings. The summed E-state index contributed by atoms with van der Waals surface area (Å²) in [7, 11) is 0. The Hall–Kier alpha value is -3.39. The standard InChI is InChI=1S/C26H30N2O6/c1-25(2,3)21(22(29)30)27-23(31)26(12-13-33-15-26)28-24(32)34-14-20-18-10-6-4-8-16(18)17-9-5-7-11-19(17)20/h4-11,20-21H,12-15H2,1-3H3,(H,27,31)(H,28,32)(H,29,30)/t21-,26?/m1/s1. The summed E-state index contributed by atoms with van der Waals surface area (Å²) in [5, 5.41) is 14.8. The van der Waals surface area contributed by atoms with Crippen LogP contribution in [0.5, 0.6) is 0 Å². The third-order valence-electron chi connectivity index (χ3n) is 6.53. The quantitative estimate of drug-likeness (QED) is 0.602. The van der Waals surface area contributed by atoms with Crippen molar-refractivity contribution in [3.8, 4) is 11.1 Å². The van der Waals surface area contributed by atoms with Crippen LogP contribution in [-0.2, 0) is 19.1 Å². The van der Waals surface area contributed by atoms with Crippen molar-refractivity contribution in [2.24, 2.45) is 5.41 Å². The molecule has 1 aliphatic carbocycles. The second-order valence-electron chi connectivity index (χ2n) is 9.95. The number of ether oxygens (including phenoxy) is 2. The van der Waals surface area contributed by atoms with Gasteiger partial charge in [0.2, 0.25) is 5.91 Å². The number of carbonyl (C=O) groups is 3. The summed E-state index contributed by atoms with van der Waals surface area (Å²) in [6.45, 7) is 5.50. The van der Waals surface area contributed by atoms with Crippen molar-refractivity contribution in [1.82, 2.24) is 10.6 Å². The topological polar surface area (TPSA) is 114 Å². The molecule has 8 nitrogen and oxygen atoms in total. The van der Waals surface area contributed by atoms with Crippen LogP contribution < -0.4 is 10.6 Å². The number of hydrogen-bond acceptors (Lipinski definition) is 5. The molecule has 0 radical (unpaired) electrons. The summed E-state index contributed by atoms with van der Waals surface area (Å²) in [5.41, 5.74) is 2.31.